The highest BCUT2D eigenvalue weighted by Crippen LogP contribution is 2.48. The largest absolute Gasteiger partial charge is 0.387 e. The van der Waals surface area contributed by atoms with Crippen molar-refractivity contribution in [1.29, 1.82) is 21.3 Å². The molecule has 0 aliphatic heterocycles. The summed E-state index contributed by atoms with van der Waals surface area (Å²) >= 11 is 0. The van der Waals surface area contributed by atoms with E-state index in [4.69, 9.17) is 22.3 Å². The number of nitriles is 2. The number of nitrogens with two attached hydrogens (primary N) is 2. The van der Waals surface area contributed by atoms with Gasteiger partial charge in [-0.25, -0.2) is 0 Å². The van der Waals surface area contributed by atoms with Crippen LogP contribution in [0.5, 0.6) is 0 Å². The first-order valence-corrected chi connectivity index (χ1v) is 5.96. The molecule has 0 aromatic heterocycles. The minimum Gasteiger partial charge on any atom is -0.387 e. The van der Waals surface area contributed by atoms with Gasteiger partial charge in [-0.15, -0.1) is 0 Å². The van der Waals surface area contributed by atoms with E-state index in [2.05, 4.69) is 0 Å². The molecule has 0 aromatic rings. The molecule has 6 N–H and O–H groups in total. The Labute approximate surface area is 107 Å². The smallest absolute Gasteiger partial charge is 0.110 e. The second-order valence-electron chi connectivity index (χ2n) is 4.83. The highest BCUT2D eigenvalue weighted by molar-refractivity contribution is 5.87. The van der Waals surface area contributed by atoms with Gasteiger partial charge in [0.1, 0.15) is 23.5 Å². The molecule has 1 aliphatic rings. The van der Waals surface area contributed by atoms with E-state index in [9.17, 15) is 10.5 Å². The van der Waals surface area contributed by atoms with Gasteiger partial charge < -0.3 is 11.5 Å². The number of hydrogen-bond acceptors (Lipinski definition) is 4. The van der Waals surface area contributed by atoms with Gasteiger partial charge in [-0.05, 0) is 12.8 Å². The molecule has 0 heterocycles. The van der Waals surface area contributed by atoms with Crippen molar-refractivity contribution in [2.75, 3.05) is 0 Å². The molecule has 1 aliphatic carbocycles. The maximum atomic E-state index is 9.25. The van der Waals surface area contributed by atoms with Crippen LogP contribution in [0.4, 0.5) is 0 Å². The molecule has 2 atom stereocenters. The molecule has 18 heavy (non-hydrogen) atoms. The van der Waals surface area contributed by atoms with Crippen molar-refractivity contribution >= 4 is 11.7 Å². The molecule has 1 fully saturated rings. The van der Waals surface area contributed by atoms with Gasteiger partial charge in [0.05, 0.1) is 12.1 Å². The highest BCUT2D eigenvalue weighted by Gasteiger charge is 2.49. The van der Waals surface area contributed by atoms with E-state index in [1.165, 1.54) is 0 Å². The molecular weight excluding hydrogens is 228 g/mol. The lowest BCUT2D eigenvalue weighted by molar-refractivity contribution is 0.137. The number of hydrogen-bond donors (Lipinski definition) is 4. The summed E-state index contributed by atoms with van der Waals surface area (Å²) in [5.74, 6) is -2.15. The Bertz CT molecular complexity index is 387. The maximum Gasteiger partial charge on any atom is 0.110 e. The SMILES string of the molecule is N#CC(C(=N)N)C1(C(C#N)C(=N)N)CCCCC1. The summed E-state index contributed by atoms with van der Waals surface area (Å²) in [5, 5.41) is 33.6. The number of nitrogens with one attached hydrogen (secondary N) is 2. The lowest BCUT2D eigenvalue weighted by Crippen LogP contribution is -2.48. The van der Waals surface area contributed by atoms with E-state index in [0.29, 0.717) is 12.8 Å². The number of amidine groups is 2. The minimum absolute atomic E-state index is 0.235. The van der Waals surface area contributed by atoms with Crippen molar-refractivity contribution in [3.05, 3.63) is 0 Å². The third kappa shape index (κ3) is 2.28. The molecule has 6 nitrogen and oxygen atoms in total. The van der Waals surface area contributed by atoms with Gasteiger partial charge in [0.2, 0.25) is 0 Å². The van der Waals surface area contributed by atoms with E-state index in [1.807, 2.05) is 12.1 Å². The molecule has 0 spiro atoms. The summed E-state index contributed by atoms with van der Waals surface area (Å²) < 4.78 is 0. The van der Waals surface area contributed by atoms with Crippen molar-refractivity contribution in [1.82, 2.24) is 0 Å². The van der Waals surface area contributed by atoms with Crippen LogP contribution in [0, 0.1) is 50.7 Å². The molecule has 0 aromatic carbocycles. The first-order chi connectivity index (χ1) is 8.49. The molecule has 2 unspecified atom stereocenters. The lowest BCUT2D eigenvalue weighted by Gasteiger charge is -2.42. The third-order valence-corrected chi connectivity index (χ3v) is 3.81. The Morgan fingerprint density at radius 2 is 1.33 bits per heavy atom. The summed E-state index contributed by atoms with van der Waals surface area (Å²) in [5.41, 5.74) is 10.2. The fourth-order valence-corrected chi connectivity index (χ4v) is 2.97. The first-order valence-electron chi connectivity index (χ1n) is 5.96. The van der Waals surface area contributed by atoms with Crippen LogP contribution < -0.4 is 11.5 Å². The van der Waals surface area contributed by atoms with Crippen LogP contribution in [-0.4, -0.2) is 11.7 Å². The van der Waals surface area contributed by atoms with Crippen molar-refractivity contribution in [2.24, 2.45) is 28.7 Å². The first kappa shape index (κ1) is 14.0. The molecule has 1 rings (SSSR count). The topological polar surface area (TPSA) is 147 Å². The molecule has 0 bridgehead atoms. The molecule has 6 heteroatoms. The predicted molar refractivity (Wildman–Crippen MR) is 67.6 cm³/mol. The van der Waals surface area contributed by atoms with Crippen molar-refractivity contribution in [3.8, 4) is 12.1 Å². The fraction of sp³-hybridized carbons (Fsp3) is 0.667. The second-order valence-corrected chi connectivity index (χ2v) is 4.83. The van der Waals surface area contributed by atoms with Crippen LogP contribution >= 0.6 is 0 Å². The second kappa shape index (κ2) is 5.50. The van der Waals surface area contributed by atoms with Crippen molar-refractivity contribution < 1.29 is 0 Å². The zero-order valence-corrected chi connectivity index (χ0v) is 10.2. The third-order valence-electron chi connectivity index (χ3n) is 3.81. The average Bonchev–Trinajstić information content (AvgIpc) is 2.30. The Kier molecular flexibility index (Phi) is 4.28. The predicted octanol–water partition coefficient (Wildman–Crippen LogP) is 1.09. The average molecular weight is 246 g/mol. The van der Waals surface area contributed by atoms with E-state index in [-0.39, 0.29) is 11.7 Å². The number of nitrogens with zero attached hydrogens (tertiary/aromatic N) is 2. The highest BCUT2D eigenvalue weighted by atomic mass is 14.8. The lowest BCUT2D eigenvalue weighted by atomic mass is 9.59. The van der Waals surface area contributed by atoms with Gasteiger partial charge in [-0.3, -0.25) is 10.8 Å². The summed E-state index contributed by atoms with van der Waals surface area (Å²) in [7, 11) is 0. The summed E-state index contributed by atoms with van der Waals surface area (Å²) in [6.07, 6.45) is 4.01. The van der Waals surface area contributed by atoms with Crippen molar-refractivity contribution in [3.63, 3.8) is 0 Å². The summed E-state index contributed by atoms with van der Waals surface area (Å²) in [4.78, 5) is 0. The van der Waals surface area contributed by atoms with Gasteiger partial charge in [-0.1, -0.05) is 19.3 Å². The molecule has 0 radical (unpaired) electrons. The molecular formula is C12H18N6. The normalized spacial score (nSPS) is 21.0. The van der Waals surface area contributed by atoms with Gasteiger partial charge in [0, 0.05) is 5.41 Å². The van der Waals surface area contributed by atoms with Crippen LogP contribution in [-0.2, 0) is 0 Å². The summed E-state index contributed by atoms with van der Waals surface area (Å²) in [6.45, 7) is 0. The molecule has 0 saturated heterocycles. The molecule has 0 amide bonds. The van der Waals surface area contributed by atoms with Crippen LogP contribution in [0.15, 0.2) is 0 Å². The zero-order valence-electron chi connectivity index (χ0n) is 10.2. The van der Waals surface area contributed by atoms with E-state index in [0.717, 1.165) is 19.3 Å². The van der Waals surface area contributed by atoms with Crippen molar-refractivity contribution in [2.45, 2.75) is 32.1 Å². The maximum absolute atomic E-state index is 9.25. The summed E-state index contributed by atoms with van der Waals surface area (Å²) in [6, 6.07) is 4.06. The quantitative estimate of drug-likeness (QED) is 0.434. The van der Waals surface area contributed by atoms with Gasteiger partial charge in [0.25, 0.3) is 0 Å². The molecule has 1 saturated carbocycles. The Balaban J connectivity index is 3.25. The van der Waals surface area contributed by atoms with E-state index in [1.54, 1.807) is 0 Å². The Morgan fingerprint density at radius 3 is 1.61 bits per heavy atom. The van der Waals surface area contributed by atoms with Crippen LogP contribution in [0.25, 0.3) is 0 Å². The van der Waals surface area contributed by atoms with Crippen LogP contribution in [0.3, 0.4) is 0 Å². The van der Waals surface area contributed by atoms with Crippen LogP contribution in [0.1, 0.15) is 32.1 Å². The fourth-order valence-electron chi connectivity index (χ4n) is 2.97. The monoisotopic (exact) mass is 246 g/mol. The zero-order chi connectivity index (χ0) is 13.8. The van der Waals surface area contributed by atoms with E-state index < -0.39 is 17.3 Å². The van der Waals surface area contributed by atoms with E-state index >= 15 is 0 Å². The minimum atomic E-state index is -0.841. The van der Waals surface area contributed by atoms with Gasteiger partial charge >= 0.3 is 0 Å². The van der Waals surface area contributed by atoms with Gasteiger partial charge in [-0.2, -0.15) is 10.5 Å². The number of rotatable bonds is 4. The van der Waals surface area contributed by atoms with Crippen LogP contribution in [0.2, 0.25) is 0 Å². The standard InChI is InChI=1S/C12H18N6/c13-6-8(10(15)16)12(4-2-1-3-5-12)9(7-14)11(17)18/h8-9H,1-5H2,(H3,15,16)(H3,17,18). The Hall–Kier alpha value is -2.08. The Morgan fingerprint density at radius 1 is 0.944 bits per heavy atom. The van der Waals surface area contributed by atoms with Gasteiger partial charge in [0.15, 0.2) is 0 Å². The molecule has 96 valence electrons.